The van der Waals surface area contributed by atoms with E-state index in [1.807, 2.05) is 6.07 Å². The quantitative estimate of drug-likeness (QED) is 0.646. The Balaban J connectivity index is 1.94. The van der Waals surface area contributed by atoms with Crippen LogP contribution in [0.5, 0.6) is 0 Å². The Bertz CT molecular complexity index is 821. The summed E-state index contributed by atoms with van der Waals surface area (Å²) >= 11 is 1.71. The molecule has 0 bridgehead atoms. The first-order valence-electron chi connectivity index (χ1n) is 6.19. The summed E-state index contributed by atoms with van der Waals surface area (Å²) in [5.74, 6) is 0. The van der Waals surface area contributed by atoms with Gasteiger partial charge in [-0.3, -0.25) is 4.79 Å². The van der Waals surface area contributed by atoms with Crippen LogP contribution in [0.2, 0.25) is 0 Å². The van der Waals surface area contributed by atoms with Gasteiger partial charge in [-0.25, -0.2) is 4.98 Å². The van der Waals surface area contributed by atoms with Crippen molar-refractivity contribution in [1.82, 2.24) is 9.97 Å². The van der Waals surface area contributed by atoms with Crippen molar-refractivity contribution in [2.24, 2.45) is 0 Å². The first-order chi connectivity index (χ1) is 9.65. The molecule has 3 rings (SSSR count). The summed E-state index contributed by atoms with van der Waals surface area (Å²) < 4.78 is 0. The van der Waals surface area contributed by atoms with Crippen molar-refractivity contribution in [2.45, 2.75) is 13.5 Å². The Labute approximate surface area is 119 Å². The maximum Gasteiger partial charge on any atom is 0.258 e. The Morgan fingerprint density at radius 2 is 2.30 bits per heavy atom. The van der Waals surface area contributed by atoms with Crippen molar-refractivity contribution >= 4 is 33.6 Å². The van der Waals surface area contributed by atoms with Gasteiger partial charge >= 0.3 is 0 Å². The van der Waals surface area contributed by atoms with Gasteiger partial charge in [-0.15, -0.1) is 11.3 Å². The van der Waals surface area contributed by atoms with E-state index >= 15 is 0 Å². The number of hydrogen-bond donors (Lipinski definition) is 3. The van der Waals surface area contributed by atoms with Crippen LogP contribution in [0, 0.1) is 6.92 Å². The summed E-state index contributed by atoms with van der Waals surface area (Å²) in [6.45, 7) is 2.79. The van der Waals surface area contributed by atoms with Gasteiger partial charge in [-0.2, -0.15) is 0 Å². The number of nitrogens with zero attached hydrogens (tertiary/aromatic N) is 1. The van der Waals surface area contributed by atoms with Crippen LogP contribution < -0.4 is 16.6 Å². The van der Waals surface area contributed by atoms with Crippen LogP contribution in [0.4, 0.5) is 11.4 Å². The zero-order valence-electron chi connectivity index (χ0n) is 10.9. The Kier molecular flexibility index (Phi) is 3.15. The topological polar surface area (TPSA) is 83.8 Å². The largest absolute Gasteiger partial charge is 0.397 e. The lowest BCUT2D eigenvalue weighted by Gasteiger charge is -2.10. The van der Waals surface area contributed by atoms with Crippen molar-refractivity contribution in [3.05, 3.63) is 50.7 Å². The zero-order chi connectivity index (χ0) is 14.1. The molecular weight excluding hydrogens is 272 g/mol. The van der Waals surface area contributed by atoms with Gasteiger partial charge in [-0.1, -0.05) is 0 Å². The van der Waals surface area contributed by atoms with E-state index in [1.54, 1.807) is 17.4 Å². The van der Waals surface area contributed by atoms with Gasteiger partial charge in [0.05, 0.1) is 28.6 Å². The fourth-order valence-corrected chi connectivity index (χ4v) is 2.89. The molecule has 6 heteroatoms. The normalized spacial score (nSPS) is 10.8. The molecular formula is C14H14N4OS. The fraction of sp³-hybridized carbons (Fsp3) is 0.143. The minimum atomic E-state index is -0.178. The Morgan fingerprint density at radius 3 is 3.05 bits per heavy atom. The summed E-state index contributed by atoms with van der Waals surface area (Å²) in [4.78, 5) is 19.6. The molecule has 0 atom stereocenters. The summed E-state index contributed by atoms with van der Waals surface area (Å²) in [5.41, 5.74) is 9.05. The van der Waals surface area contributed by atoms with Crippen LogP contribution in [0.25, 0.3) is 10.9 Å². The van der Waals surface area contributed by atoms with E-state index in [9.17, 15) is 4.79 Å². The predicted octanol–water partition coefficient (Wildman–Crippen LogP) is 2.49. The third-order valence-electron chi connectivity index (χ3n) is 3.22. The summed E-state index contributed by atoms with van der Waals surface area (Å²) in [6.07, 6.45) is 1.40. The highest BCUT2D eigenvalue weighted by molar-refractivity contribution is 7.10. The van der Waals surface area contributed by atoms with Crippen molar-refractivity contribution in [2.75, 3.05) is 11.1 Å². The molecule has 0 aliphatic carbocycles. The lowest BCUT2D eigenvalue weighted by Crippen LogP contribution is -2.08. The van der Waals surface area contributed by atoms with Crippen LogP contribution in [-0.4, -0.2) is 9.97 Å². The molecule has 0 spiro atoms. The zero-order valence-corrected chi connectivity index (χ0v) is 11.8. The average molecular weight is 286 g/mol. The highest BCUT2D eigenvalue weighted by Crippen LogP contribution is 2.24. The van der Waals surface area contributed by atoms with E-state index in [0.29, 0.717) is 23.1 Å². The molecule has 0 fully saturated rings. The number of nitrogens with two attached hydrogens (primary N) is 1. The Hall–Kier alpha value is -2.34. The molecule has 0 aliphatic rings. The molecule has 5 nitrogen and oxygen atoms in total. The van der Waals surface area contributed by atoms with Crippen molar-refractivity contribution in [3.8, 4) is 0 Å². The standard InChI is InChI=1S/C14H14N4OS/c1-8-2-3-20-13(8)6-16-12-5-11-9(4-10(12)15)14(19)18-7-17-11/h2-5,7,16H,6,15H2,1H3,(H,17,18,19). The summed E-state index contributed by atoms with van der Waals surface area (Å²) in [6, 6.07) is 5.56. The highest BCUT2D eigenvalue weighted by atomic mass is 32.1. The third kappa shape index (κ3) is 2.25. The molecule has 0 aliphatic heterocycles. The van der Waals surface area contributed by atoms with Crippen LogP contribution in [0.3, 0.4) is 0 Å². The van der Waals surface area contributed by atoms with Gasteiger partial charge in [-0.05, 0) is 36.1 Å². The molecule has 1 aromatic carbocycles. The molecule has 102 valence electrons. The molecule has 3 aromatic rings. The number of fused-ring (bicyclic) bond motifs is 1. The molecule has 20 heavy (non-hydrogen) atoms. The fourth-order valence-electron chi connectivity index (χ4n) is 2.05. The van der Waals surface area contributed by atoms with Crippen molar-refractivity contribution < 1.29 is 0 Å². The van der Waals surface area contributed by atoms with Gasteiger partial charge in [0.2, 0.25) is 0 Å². The van der Waals surface area contributed by atoms with E-state index in [4.69, 9.17) is 5.73 Å². The number of H-pyrrole nitrogens is 1. The van der Waals surface area contributed by atoms with Gasteiger partial charge in [0.1, 0.15) is 0 Å². The number of nitrogens with one attached hydrogen (secondary N) is 2. The van der Waals surface area contributed by atoms with E-state index in [1.165, 1.54) is 16.8 Å². The van der Waals surface area contributed by atoms with Gasteiger partial charge < -0.3 is 16.0 Å². The molecule has 2 heterocycles. The second-order valence-corrected chi connectivity index (χ2v) is 5.57. The molecule has 2 aromatic heterocycles. The maximum atomic E-state index is 11.7. The third-order valence-corrected chi connectivity index (χ3v) is 4.24. The smallest absolute Gasteiger partial charge is 0.258 e. The van der Waals surface area contributed by atoms with Gasteiger partial charge in [0.15, 0.2) is 0 Å². The van der Waals surface area contributed by atoms with E-state index < -0.39 is 0 Å². The average Bonchev–Trinajstić information content (AvgIpc) is 2.83. The predicted molar refractivity (Wildman–Crippen MR) is 83.2 cm³/mol. The SMILES string of the molecule is Cc1ccsc1CNc1cc2nc[nH]c(=O)c2cc1N. The second-order valence-electron chi connectivity index (χ2n) is 4.57. The number of hydrogen-bond acceptors (Lipinski definition) is 5. The number of thiophene rings is 1. The monoisotopic (exact) mass is 286 g/mol. The minimum Gasteiger partial charge on any atom is -0.397 e. The second kappa shape index (κ2) is 4.97. The molecule has 0 amide bonds. The number of aromatic nitrogens is 2. The van der Waals surface area contributed by atoms with Crippen LogP contribution >= 0.6 is 11.3 Å². The number of nitrogen functional groups attached to an aromatic ring is 1. The molecule has 0 radical (unpaired) electrons. The van der Waals surface area contributed by atoms with Crippen LogP contribution in [-0.2, 0) is 6.54 Å². The molecule has 0 saturated carbocycles. The van der Waals surface area contributed by atoms with E-state index in [0.717, 1.165) is 5.69 Å². The minimum absolute atomic E-state index is 0.178. The first kappa shape index (κ1) is 12.7. The molecule has 0 unspecified atom stereocenters. The summed E-state index contributed by atoms with van der Waals surface area (Å²) in [7, 11) is 0. The van der Waals surface area contributed by atoms with Gasteiger partial charge in [0.25, 0.3) is 5.56 Å². The van der Waals surface area contributed by atoms with Crippen LogP contribution in [0.15, 0.2) is 34.7 Å². The number of rotatable bonds is 3. The van der Waals surface area contributed by atoms with Gasteiger partial charge in [0, 0.05) is 11.4 Å². The lowest BCUT2D eigenvalue weighted by molar-refractivity contribution is 1.16. The number of aromatic amines is 1. The Morgan fingerprint density at radius 1 is 1.45 bits per heavy atom. The lowest BCUT2D eigenvalue weighted by atomic mass is 10.2. The number of benzene rings is 1. The number of anilines is 2. The molecule has 4 N–H and O–H groups in total. The van der Waals surface area contributed by atoms with Crippen LogP contribution in [0.1, 0.15) is 10.4 Å². The highest BCUT2D eigenvalue weighted by Gasteiger charge is 2.07. The number of aryl methyl sites for hydroxylation is 1. The first-order valence-corrected chi connectivity index (χ1v) is 7.07. The van der Waals surface area contributed by atoms with Crippen molar-refractivity contribution in [3.63, 3.8) is 0 Å². The van der Waals surface area contributed by atoms with E-state index in [2.05, 4.69) is 33.7 Å². The molecule has 0 saturated heterocycles. The van der Waals surface area contributed by atoms with E-state index in [-0.39, 0.29) is 5.56 Å². The summed E-state index contributed by atoms with van der Waals surface area (Å²) in [5, 5.41) is 5.87. The van der Waals surface area contributed by atoms with Crippen molar-refractivity contribution in [1.29, 1.82) is 0 Å². The maximum absolute atomic E-state index is 11.7.